The number of anilines is 1. The molecule has 0 spiro atoms. The Bertz CT molecular complexity index is 846. The first-order valence-corrected chi connectivity index (χ1v) is 12.5. The van der Waals surface area contributed by atoms with Gasteiger partial charge in [0, 0.05) is 24.0 Å². The number of urea groups is 1. The zero-order valence-corrected chi connectivity index (χ0v) is 19.9. The van der Waals surface area contributed by atoms with Crippen LogP contribution in [0.3, 0.4) is 0 Å². The highest BCUT2D eigenvalue weighted by Crippen LogP contribution is 2.38. The highest BCUT2D eigenvalue weighted by atomic mass is 32.2. The van der Waals surface area contributed by atoms with E-state index in [2.05, 4.69) is 16.1 Å². The molecule has 1 aromatic rings. The molecule has 0 radical (unpaired) electrons. The van der Waals surface area contributed by atoms with Gasteiger partial charge in [-0.3, -0.25) is 4.72 Å². The van der Waals surface area contributed by atoms with E-state index in [1.807, 2.05) is 27.7 Å². The van der Waals surface area contributed by atoms with Crippen molar-refractivity contribution >= 4 is 28.8 Å². The van der Waals surface area contributed by atoms with Gasteiger partial charge in [-0.15, -0.1) is 0 Å². The Balaban J connectivity index is 1.54. The van der Waals surface area contributed by atoms with Gasteiger partial charge in [-0.1, -0.05) is 26.8 Å². The molecule has 3 rings (SSSR count). The van der Waals surface area contributed by atoms with E-state index in [-0.39, 0.29) is 23.8 Å². The van der Waals surface area contributed by atoms with Crippen LogP contribution >= 0.6 is 0 Å². The lowest BCUT2D eigenvalue weighted by atomic mass is 9.87. The largest absolute Gasteiger partial charge is 0.465 e. The monoisotopic (exact) mass is 449 g/mol. The molecule has 3 N–H and O–H groups in total. The van der Waals surface area contributed by atoms with Crippen LogP contribution in [0.5, 0.6) is 0 Å². The number of aryl methyl sites for hydroxylation is 2. The minimum absolute atomic E-state index is 0.169. The predicted molar refractivity (Wildman–Crippen MR) is 124 cm³/mol. The Morgan fingerprint density at radius 3 is 2.23 bits per heavy atom. The van der Waals surface area contributed by atoms with E-state index in [0.717, 1.165) is 44.2 Å². The third-order valence-electron chi connectivity index (χ3n) is 6.61. The van der Waals surface area contributed by atoms with Crippen molar-refractivity contribution in [2.75, 3.05) is 17.6 Å². The topological polar surface area (TPSA) is 98.7 Å². The highest BCUT2D eigenvalue weighted by Gasteiger charge is 2.29. The molecule has 3 amide bonds. The Morgan fingerprint density at radius 2 is 1.71 bits per heavy atom. The molecule has 0 fully saturated rings. The molecular formula is C23H35N3O4S. The molecule has 172 valence electrons. The Hall–Kier alpha value is -2.09. The van der Waals surface area contributed by atoms with Gasteiger partial charge in [0.2, 0.25) is 0 Å². The molecule has 2 aliphatic rings. The van der Waals surface area contributed by atoms with Crippen LogP contribution in [0.2, 0.25) is 0 Å². The van der Waals surface area contributed by atoms with E-state index in [9.17, 15) is 18.9 Å². The van der Waals surface area contributed by atoms with Crippen molar-refractivity contribution in [2.24, 2.45) is 5.41 Å². The molecule has 0 heterocycles. The molecule has 8 heteroatoms. The zero-order chi connectivity index (χ0) is 22.8. The number of hydrogen-bond acceptors (Lipinski definition) is 3. The van der Waals surface area contributed by atoms with Gasteiger partial charge in [-0.2, -0.15) is 0 Å². The smallest absolute Gasteiger partial charge is 0.407 e. The summed E-state index contributed by atoms with van der Waals surface area (Å²) in [7, 11) is -1.57. The molecule has 2 aliphatic carbocycles. The molecule has 7 nitrogen and oxygen atoms in total. The van der Waals surface area contributed by atoms with Crippen LogP contribution < -0.4 is 10.0 Å². The number of nitrogens with one attached hydrogen (secondary N) is 2. The number of rotatable bonds is 7. The van der Waals surface area contributed by atoms with Crippen LogP contribution in [0, 0.1) is 5.41 Å². The maximum absolute atomic E-state index is 12.5. The molecule has 2 unspecified atom stereocenters. The van der Waals surface area contributed by atoms with Crippen molar-refractivity contribution in [3.05, 3.63) is 28.3 Å². The average Bonchev–Trinajstić information content (AvgIpc) is 3.32. The van der Waals surface area contributed by atoms with E-state index < -0.39 is 23.1 Å². The normalized spacial score (nSPS) is 16.9. The lowest BCUT2D eigenvalue weighted by molar-refractivity contribution is 0.0905. The van der Waals surface area contributed by atoms with Crippen molar-refractivity contribution in [1.82, 2.24) is 9.62 Å². The number of fused-ring (bicyclic) bond motifs is 2. The van der Waals surface area contributed by atoms with Gasteiger partial charge >= 0.3 is 12.1 Å². The van der Waals surface area contributed by atoms with E-state index in [0.29, 0.717) is 6.42 Å². The number of benzene rings is 1. The van der Waals surface area contributed by atoms with Gasteiger partial charge in [0.25, 0.3) is 0 Å². The molecule has 0 bridgehead atoms. The first kappa shape index (κ1) is 23.6. The first-order valence-electron chi connectivity index (χ1n) is 11.2. The quantitative estimate of drug-likeness (QED) is 0.579. The first-order chi connectivity index (χ1) is 14.6. The number of carbonyl (C=O) groups excluding carboxylic acids is 1. The number of amides is 3. The van der Waals surface area contributed by atoms with E-state index in [1.165, 1.54) is 27.2 Å². The molecule has 31 heavy (non-hydrogen) atoms. The van der Waals surface area contributed by atoms with Crippen LogP contribution in [-0.4, -0.2) is 44.7 Å². The summed E-state index contributed by atoms with van der Waals surface area (Å²) in [5.74, 6) is 0.207. The molecule has 0 saturated carbocycles. The second-order valence-electron chi connectivity index (χ2n) is 9.71. The van der Waals surface area contributed by atoms with E-state index >= 15 is 0 Å². The van der Waals surface area contributed by atoms with Crippen molar-refractivity contribution in [1.29, 1.82) is 0 Å². The summed E-state index contributed by atoms with van der Waals surface area (Å²) >= 11 is 0. The van der Waals surface area contributed by atoms with E-state index in [4.69, 9.17) is 0 Å². The zero-order valence-electron chi connectivity index (χ0n) is 19.0. The second kappa shape index (κ2) is 9.59. The highest BCUT2D eigenvalue weighted by molar-refractivity contribution is 7.83. The summed E-state index contributed by atoms with van der Waals surface area (Å²) < 4.78 is 14.9. The van der Waals surface area contributed by atoms with Crippen molar-refractivity contribution in [3.8, 4) is 0 Å². The van der Waals surface area contributed by atoms with Crippen LogP contribution in [0.25, 0.3) is 0 Å². The maximum atomic E-state index is 12.5. The molecular weight excluding hydrogens is 414 g/mol. The third-order valence-corrected chi connectivity index (χ3v) is 7.69. The summed E-state index contributed by atoms with van der Waals surface area (Å²) in [6.45, 7) is 8.15. The second-order valence-corrected chi connectivity index (χ2v) is 11.0. The Labute approximate surface area is 187 Å². The molecule has 0 aromatic heterocycles. The van der Waals surface area contributed by atoms with Crippen LogP contribution in [0.4, 0.5) is 15.3 Å². The summed E-state index contributed by atoms with van der Waals surface area (Å²) in [5, 5.41) is 12.5. The molecule has 0 saturated heterocycles. The lowest BCUT2D eigenvalue weighted by Crippen LogP contribution is -2.45. The average molecular weight is 450 g/mol. The van der Waals surface area contributed by atoms with Gasteiger partial charge in [0.1, 0.15) is 11.0 Å². The van der Waals surface area contributed by atoms with Gasteiger partial charge < -0.3 is 15.3 Å². The Kier molecular flexibility index (Phi) is 7.29. The molecule has 1 aromatic carbocycles. The van der Waals surface area contributed by atoms with Crippen molar-refractivity contribution in [2.45, 2.75) is 78.7 Å². The van der Waals surface area contributed by atoms with Gasteiger partial charge in [-0.25, -0.2) is 13.8 Å². The number of carboxylic acid groups (broad SMARTS) is 1. The van der Waals surface area contributed by atoms with Crippen LogP contribution in [0.1, 0.15) is 69.2 Å². The fourth-order valence-electron chi connectivity index (χ4n) is 4.55. The summed E-state index contributed by atoms with van der Waals surface area (Å²) in [6.07, 6.45) is 5.69. The standard InChI is InChI=1S/C23H35N3O4S/c1-15(23(2,3)4)26(22(28)29)12-7-13-31(30)25-21(27)24-20-18-10-5-8-16(18)14-17-9-6-11-19(17)20/h14-15H,5-13H2,1-4H3,(H,28,29)(H2,24,25,27). The van der Waals surface area contributed by atoms with Gasteiger partial charge in [-0.05, 0) is 79.5 Å². The fourth-order valence-corrected chi connectivity index (χ4v) is 5.30. The van der Waals surface area contributed by atoms with Gasteiger partial charge in [0.05, 0.1) is 0 Å². The molecule has 0 aliphatic heterocycles. The molecule has 2 atom stereocenters. The SMILES string of the molecule is CC(N(CCCS(=O)NC(=O)Nc1c2c(cc3c1CCC3)CCC2)C(=O)O)C(C)(C)C. The summed E-state index contributed by atoms with van der Waals surface area (Å²) in [5.41, 5.74) is 5.86. The lowest BCUT2D eigenvalue weighted by Gasteiger charge is -2.36. The van der Waals surface area contributed by atoms with Crippen LogP contribution in [0.15, 0.2) is 6.07 Å². The van der Waals surface area contributed by atoms with E-state index in [1.54, 1.807) is 0 Å². The fraction of sp³-hybridized carbons (Fsp3) is 0.652. The summed E-state index contributed by atoms with van der Waals surface area (Å²) in [4.78, 5) is 25.5. The Morgan fingerprint density at radius 1 is 1.13 bits per heavy atom. The predicted octanol–water partition coefficient (Wildman–Crippen LogP) is 4.25. The third kappa shape index (κ3) is 5.59. The summed E-state index contributed by atoms with van der Waals surface area (Å²) in [6, 6.07) is 1.68. The number of carbonyl (C=O) groups is 2. The van der Waals surface area contributed by atoms with Crippen molar-refractivity contribution < 1.29 is 18.9 Å². The maximum Gasteiger partial charge on any atom is 0.407 e. The number of nitrogens with zero attached hydrogens (tertiary/aromatic N) is 1. The minimum atomic E-state index is -1.57. The van der Waals surface area contributed by atoms with Crippen LogP contribution in [-0.2, 0) is 36.7 Å². The number of hydrogen-bond donors (Lipinski definition) is 3. The minimum Gasteiger partial charge on any atom is -0.465 e. The van der Waals surface area contributed by atoms with Crippen molar-refractivity contribution in [3.63, 3.8) is 0 Å². The van der Waals surface area contributed by atoms with Gasteiger partial charge in [0.15, 0.2) is 0 Å².